The predicted octanol–water partition coefficient (Wildman–Crippen LogP) is 1.70. The molecule has 0 spiro atoms. The quantitative estimate of drug-likeness (QED) is 0.699. The number of carbonyl (C=O) groups excluding carboxylic acids is 1. The third kappa shape index (κ3) is 2.36. The highest BCUT2D eigenvalue weighted by Gasteiger charge is 2.30. The van der Waals surface area contributed by atoms with Crippen molar-refractivity contribution in [1.29, 1.82) is 0 Å². The molecule has 1 saturated heterocycles. The lowest BCUT2D eigenvalue weighted by Crippen LogP contribution is -2.40. The molecule has 1 heterocycles. The van der Waals surface area contributed by atoms with Crippen LogP contribution in [0.25, 0.3) is 0 Å². The molecule has 0 saturated carbocycles. The molecule has 2 unspecified atom stereocenters. The fraction of sp³-hybridized carbons (Fsp3) is 0.889. The van der Waals surface area contributed by atoms with Gasteiger partial charge in [0.2, 0.25) is 5.91 Å². The van der Waals surface area contributed by atoms with E-state index in [9.17, 15) is 9.18 Å². The van der Waals surface area contributed by atoms with Gasteiger partial charge in [0.15, 0.2) is 0 Å². The van der Waals surface area contributed by atoms with Crippen molar-refractivity contribution in [2.75, 3.05) is 19.5 Å². The maximum Gasteiger partial charge on any atom is 0.235 e. The van der Waals surface area contributed by atoms with Crippen molar-refractivity contribution in [2.24, 2.45) is 0 Å². The van der Waals surface area contributed by atoms with Gasteiger partial charge in [-0.25, -0.2) is 4.39 Å². The van der Waals surface area contributed by atoms with Gasteiger partial charge in [0, 0.05) is 6.54 Å². The van der Waals surface area contributed by atoms with Gasteiger partial charge < -0.3 is 4.90 Å². The first-order valence-electron chi connectivity index (χ1n) is 4.60. The van der Waals surface area contributed by atoms with E-state index in [0.717, 1.165) is 19.4 Å². The molecule has 13 heavy (non-hydrogen) atoms. The number of thioether (sulfide) groups is 1. The van der Waals surface area contributed by atoms with Gasteiger partial charge in [-0.3, -0.25) is 4.79 Å². The van der Waals surface area contributed by atoms with Gasteiger partial charge in [-0.2, -0.15) is 11.8 Å². The average molecular weight is 205 g/mol. The number of likely N-dealkylation sites (tertiary alicyclic amines) is 1. The Morgan fingerprint density at radius 3 is 3.00 bits per heavy atom. The van der Waals surface area contributed by atoms with Crippen LogP contribution in [0, 0.1) is 0 Å². The van der Waals surface area contributed by atoms with Crippen LogP contribution < -0.4 is 0 Å². The first kappa shape index (κ1) is 10.8. The smallest absolute Gasteiger partial charge is 0.235 e. The first-order valence-corrected chi connectivity index (χ1v) is 5.88. The van der Waals surface area contributed by atoms with Crippen molar-refractivity contribution in [3.05, 3.63) is 0 Å². The van der Waals surface area contributed by atoms with Gasteiger partial charge in [-0.05, 0) is 26.0 Å². The molecule has 2 atom stereocenters. The molecular formula is C9H16FNOS. The van der Waals surface area contributed by atoms with Crippen LogP contribution >= 0.6 is 11.8 Å². The molecule has 0 aromatic carbocycles. The maximum absolute atomic E-state index is 12.5. The Bertz CT molecular complexity index is 188. The summed E-state index contributed by atoms with van der Waals surface area (Å²) in [5, 5.41) is -0.0350. The second kappa shape index (κ2) is 4.84. The van der Waals surface area contributed by atoms with Gasteiger partial charge in [-0.15, -0.1) is 0 Å². The summed E-state index contributed by atoms with van der Waals surface area (Å²) in [4.78, 5) is 13.4. The second-order valence-electron chi connectivity index (χ2n) is 3.36. The lowest BCUT2D eigenvalue weighted by Gasteiger charge is -2.24. The molecule has 1 fully saturated rings. The Hall–Kier alpha value is -0.250. The van der Waals surface area contributed by atoms with Crippen LogP contribution in [0.4, 0.5) is 4.39 Å². The SMILES string of the molecule is CSC(C)C(=O)N1CCCC1CF. The highest BCUT2D eigenvalue weighted by Crippen LogP contribution is 2.21. The molecule has 4 heteroatoms. The molecule has 0 radical (unpaired) electrons. The fourth-order valence-electron chi connectivity index (χ4n) is 1.62. The van der Waals surface area contributed by atoms with Crippen LogP contribution in [0.2, 0.25) is 0 Å². The van der Waals surface area contributed by atoms with Gasteiger partial charge >= 0.3 is 0 Å². The molecule has 0 aromatic heterocycles. The first-order chi connectivity index (χ1) is 6.20. The van der Waals surface area contributed by atoms with E-state index in [1.54, 1.807) is 4.90 Å². The predicted molar refractivity (Wildman–Crippen MR) is 53.7 cm³/mol. The van der Waals surface area contributed by atoms with Gasteiger partial charge in [0.25, 0.3) is 0 Å². The molecule has 2 nitrogen and oxygen atoms in total. The number of halogens is 1. The minimum atomic E-state index is -0.396. The standard InChI is InChI=1S/C9H16FNOS/c1-7(13-2)9(12)11-5-3-4-8(11)6-10/h7-8H,3-6H2,1-2H3. The minimum absolute atomic E-state index is 0.0350. The number of hydrogen-bond acceptors (Lipinski definition) is 2. The summed E-state index contributed by atoms with van der Waals surface area (Å²) in [6, 6.07) is -0.151. The number of amides is 1. The number of rotatable bonds is 3. The Morgan fingerprint density at radius 1 is 1.77 bits per heavy atom. The van der Waals surface area contributed by atoms with E-state index in [1.807, 2.05) is 13.2 Å². The molecular weight excluding hydrogens is 189 g/mol. The van der Waals surface area contributed by atoms with Crippen LogP contribution in [-0.2, 0) is 4.79 Å². The third-order valence-electron chi connectivity index (χ3n) is 2.54. The van der Waals surface area contributed by atoms with Crippen molar-refractivity contribution in [2.45, 2.75) is 31.1 Å². The fourth-order valence-corrected chi connectivity index (χ4v) is 1.96. The van der Waals surface area contributed by atoms with Crippen LogP contribution in [0.3, 0.4) is 0 Å². The lowest BCUT2D eigenvalue weighted by molar-refractivity contribution is -0.131. The van der Waals surface area contributed by atoms with Crippen molar-refractivity contribution in [3.63, 3.8) is 0 Å². The molecule has 0 N–H and O–H groups in total. The van der Waals surface area contributed by atoms with E-state index >= 15 is 0 Å². The molecule has 1 amide bonds. The molecule has 0 aromatic rings. The largest absolute Gasteiger partial charge is 0.336 e. The molecule has 0 bridgehead atoms. The van der Waals surface area contributed by atoms with Crippen molar-refractivity contribution < 1.29 is 9.18 Å². The summed E-state index contributed by atoms with van der Waals surface area (Å²) in [5.41, 5.74) is 0. The van der Waals surface area contributed by atoms with E-state index in [-0.39, 0.29) is 17.2 Å². The summed E-state index contributed by atoms with van der Waals surface area (Å²) >= 11 is 1.52. The van der Waals surface area contributed by atoms with Crippen molar-refractivity contribution >= 4 is 17.7 Å². The van der Waals surface area contributed by atoms with Crippen molar-refractivity contribution in [3.8, 4) is 0 Å². The van der Waals surface area contributed by atoms with E-state index in [2.05, 4.69) is 0 Å². The zero-order chi connectivity index (χ0) is 9.84. The van der Waals surface area contributed by atoms with Crippen LogP contribution in [0.1, 0.15) is 19.8 Å². The Morgan fingerprint density at radius 2 is 2.46 bits per heavy atom. The normalized spacial score (nSPS) is 24.8. The van der Waals surface area contributed by atoms with Gasteiger partial charge in [0.05, 0.1) is 11.3 Å². The monoisotopic (exact) mass is 205 g/mol. The maximum atomic E-state index is 12.5. The summed E-state index contributed by atoms with van der Waals surface area (Å²) in [6.07, 6.45) is 3.67. The topological polar surface area (TPSA) is 20.3 Å². The zero-order valence-corrected chi connectivity index (χ0v) is 8.94. The molecule has 1 rings (SSSR count). The summed E-state index contributed by atoms with van der Waals surface area (Å²) < 4.78 is 12.5. The summed E-state index contributed by atoms with van der Waals surface area (Å²) in [7, 11) is 0. The third-order valence-corrected chi connectivity index (χ3v) is 3.45. The molecule has 1 aliphatic heterocycles. The van der Waals surface area contributed by atoms with Crippen molar-refractivity contribution in [1.82, 2.24) is 4.90 Å². The lowest BCUT2D eigenvalue weighted by atomic mass is 10.2. The van der Waals surface area contributed by atoms with Gasteiger partial charge in [-0.1, -0.05) is 0 Å². The van der Waals surface area contributed by atoms with Crippen LogP contribution in [0.5, 0.6) is 0 Å². The number of carbonyl (C=O) groups is 1. The Kier molecular flexibility index (Phi) is 4.03. The van der Waals surface area contributed by atoms with E-state index in [0.29, 0.717) is 0 Å². The molecule has 76 valence electrons. The highest BCUT2D eigenvalue weighted by atomic mass is 32.2. The number of nitrogens with zero attached hydrogens (tertiary/aromatic N) is 1. The molecule has 1 aliphatic rings. The minimum Gasteiger partial charge on any atom is -0.336 e. The van der Waals surface area contributed by atoms with E-state index < -0.39 is 6.67 Å². The Balaban J connectivity index is 2.54. The van der Waals surface area contributed by atoms with E-state index in [4.69, 9.17) is 0 Å². The average Bonchev–Trinajstić information content (AvgIpc) is 2.62. The summed E-state index contributed by atoms with van der Waals surface area (Å²) in [5.74, 6) is 0.0904. The Labute approximate surface area is 82.9 Å². The van der Waals surface area contributed by atoms with Crippen LogP contribution in [0.15, 0.2) is 0 Å². The second-order valence-corrected chi connectivity index (χ2v) is 4.54. The van der Waals surface area contributed by atoms with Gasteiger partial charge in [0.1, 0.15) is 6.67 Å². The number of hydrogen-bond donors (Lipinski definition) is 0. The van der Waals surface area contributed by atoms with E-state index in [1.165, 1.54) is 11.8 Å². The number of alkyl halides is 1. The summed E-state index contributed by atoms with van der Waals surface area (Å²) in [6.45, 7) is 2.21. The highest BCUT2D eigenvalue weighted by molar-refractivity contribution is 7.99. The van der Waals surface area contributed by atoms with Crippen LogP contribution in [-0.4, -0.2) is 41.6 Å². The zero-order valence-electron chi connectivity index (χ0n) is 8.12. The molecule has 0 aliphatic carbocycles.